The highest BCUT2D eigenvalue weighted by molar-refractivity contribution is 5.78. The van der Waals surface area contributed by atoms with Crippen LogP contribution in [0.3, 0.4) is 0 Å². The number of anilines is 1. The topological polar surface area (TPSA) is 96.2 Å². The first-order valence-electron chi connectivity index (χ1n) is 6.58. The lowest BCUT2D eigenvalue weighted by molar-refractivity contribution is -0.121. The molecule has 102 valence electrons. The molecule has 0 saturated carbocycles. The first kappa shape index (κ1) is 12.3. The van der Waals surface area contributed by atoms with Crippen molar-refractivity contribution in [2.75, 3.05) is 18.0 Å². The van der Waals surface area contributed by atoms with Crippen molar-refractivity contribution in [2.45, 2.75) is 24.9 Å². The van der Waals surface area contributed by atoms with Gasteiger partial charge in [0.05, 0.1) is 18.2 Å². The predicted octanol–water partition coefficient (Wildman–Crippen LogP) is -0.977. The smallest absolute Gasteiger partial charge is 0.223 e. The summed E-state index contributed by atoms with van der Waals surface area (Å²) in [6, 6.07) is 0.256. The van der Waals surface area contributed by atoms with Crippen LogP contribution in [0.1, 0.15) is 12.8 Å². The molecular formula is C12H18N6O. The minimum absolute atomic E-state index is 0.0296. The van der Waals surface area contributed by atoms with Crippen LogP contribution < -0.4 is 21.5 Å². The Labute approximate surface area is 111 Å². The fourth-order valence-electron chi connectivity index (χ4n) is 3.05. The Kier molecular flexibility index (Phi) is 3.31. The van der Waals surface area contributed by atoms with E-state index in [9.17, 15) is 4.79 Å². The van der Waals surface area contributed by atoms with Crippen LogP contribution in [0.15, 0.2) is 18.6 Å². The maximum Gasteiger partial charge on any atom is 0.223 e. The van der Waals surface area contributed by atoms with Gasteiger partial charge in [0, 0.05) is 31.5 Å². The summed E-state index contributed by atoms with van der Waals surface area (Å²) >= 11 is 0. The highest BCUT2D eigenvalue weighted by Gasteiger charge is 2.41. The Morgan fingerprint density at radius 3 is 3.11 bits per heavy atom. The Hall–Kier alpha value is -1.73. The summed E-state index contributed by atoms with van der Waals surface area (Å²) in [6.45, 7) is 1.53. The molecule has 0 spiro atoms. The Morgan fingerprint density at radius 2 is 2.37 bits per heavy atom. The lowest BCUT2D eigenvalue weighted by atomic mass is 9.93. The number of nitrogens with zero attached hydrogens (tertiary/aromatic N) is 3. The maximum absolute atomic E-state index is 11.5. The van der Waals surface area contributed by atoms with Crippen molar-refractivity contribution in [3.8, 4) is 0 Å². The molecular weight excluding hydrogens is 244 g/mol. The number of amides is 1. The van der Waals surface area contributed by atoms with E-state index in [0.717, 1.165) is 25.2 Å². The molecule has 0 bridgehead atoms. The number of rotatable bonds is 3. The summed E-state index contributed by atoms with van der Waals surface area (Å²) in [6.07, 6.45) is 7.23. The van der Waals surface area contributed by atoms with Gasteiger partial charge in [0.25, 0.3) is 0 Å². The lowest BCUT2D eigenvalue weighted by Crippen LogP contribution is -2.51. The van der Waals surface area contributed by atoms with E-state index in [1.165, 1.54) is 0 Å². The number of nitrogens with one attached hydrogen (secondary N) is 2. The van der Waals surface area contributed by atoms with Gasteiger partial charge in [-0.2, -0.15) is 0 Å². The second-order valence-electron chi connectivity index (χ2n) is 5.03. The molecule has 0 aliphatic carbocycles. The zero-order chi connectivity index (χ0) is 13.2. The Bertz CT molecular complexity index is 453. The zero-order valence-corrected chi connectivity index (χ0v) is 10.6. The van der Waals surface area contributed by atoms with Gasteiger partial charge >= 0.3 is 0 Å². The highest BCUT2D eigenvalue weighted by Crippen LogP contribution is 2.28. The molecule has 3 rings (SSSR count). The number of aromatic nitrogens is 2. The van der Waals surface area contributed by atoms with Crippen LogP contribution in [0.5, 0.6) is 0 Å². The number of carbonyl (C=O) groups excluding carboxylic acids is 1. The van der Waals surface area contributed by atoms with Gasteiger partial charge in [-0.25, -0.2) is 4.98 Å². The molecule has 7 heteroatoms. The third-order valence-corrected chi connectivity index (χ3v) is 3.95. The van der Waals surface area contributed by atoms with Crippen LogP contribution in [0.2, 0.25) is 0 Å². The molecule has 0 radical (unpaired) electrons. The summed E-state index contributed by atoms with van der Waals surface area (Å²) < 4.78 is 0. The summed E-state index contributed by atoms with van der Waals surface area (Å²) in [5, 5.41) is 0. The molecule has 2 saturated heterocycles. The van der Waals surface area contributed by atoms with Crippen molar-refractivity contribution in [1.29, 1.82) is 0 Å². The van der Waals surface area contributed by atoms with Crippen LogP contribution in [0.25, 0.3) is 0 Å². The van der Waals surface area contributed by atoms with Crippen molar-refractivity contribution < 1.29 is 4.79 Å². The van der Waals surface area contributed by atoms with Crippen LogP contribution in [0, 0.1) is 5.92 Å². The quantitative estimate of drug-likeness (QED) is 0.648. The van der Waals surface area contributed by atoms with Crippen LogP contribution in [-0.2, 0) is 4.79 Å². The van der Waals surface area contributed by atoms with Crippen LogP contribution in [0.4, 0.5) is 5.82 Å². The maximum atomic E-state index is 11.5. The number of carbonyl (C=O) groups is 1. The molecule has 2 aliphatic rings. The minimum atomic E-state index is -0.256. The van der Waals surface area contributed by atoms with E-state index in [0.29, 0.717) is 6.54 Å². The molecule has 2 aliphatic heterocycles. The monoisotopic (exact) mass is 262 g/mol. The summed E-state index contributed by atoms with van der Waals surface area (Å²) in [4.78, 5) is 22.2. The first-order chi connectivity index (χ1) is 9.27. The van der Waals surface area contributed by atoms with Gasteiger partial charge in [0.1, 0.15) is 5.82 Å². The zero-order valence-electron chi connectivity index (χ0n) is 10.6. The van der Waals surface area contributed by atoms with E-state index in [2.05, 4.69) is 25.7 Å². The largest absolute Gasteiger partial charge is 0.369 e. The van der Waals surface area contributed by atoms with Gasteiger partial charge in [-0.05, 0) is 12.8 Å². The molecule has 1 amide bonds. The fourth-order valence-corrected chi connectivity index (χ4v) is 3.05. The number of nitrogens with two attached hydrogens (primary N) is 1. The van der Waals surface area contributed by atoms with Crippen molar-refractivity contribution in [2.24, 2.45) is 11.7 Å². The van der Waals surface area contributed by atoms with Gasteiger partial charge in [-0.15, -0.1) is 0 Å². The van der Waals surface area contributed by atoms with E-state index < -0.39 is 0 Å². The van der Waals surface area contributed by atoms with Crippen molar-refractivity contribution >= 4 is 11.7 Å². The van der Waals surface area contributed by atoms with Crippen molar-refractivity contribution in [3.63, 3.8) is 0 Å². The molecule has 1 aromatic heterocycles. The van der Waals surface area contributed by atoms with E-state index in [-0.39, 0.29) is 23.9 Å². The Morgan fingerprint density at radius 1 is 1.47 bits per heavy atom. The minimum Gasteiger partial charge on any atom is -0.369 e. The fraction of sp³-hybridized carbons (Fsp3) is 0.583. The van der Waals surface area contributed by atoms with Crippen molar-refractivity contribution in [1.82, 2.24) is 20.8 Å². The molecule has 19 heavy (non-hydrogen) atoms. The third-order valence-electron chi connectivity index (χ3n) is 3.95. The summed E-state index contributed by atoms with van der Waals surface area (Å²) in [5.74, 6) is 0.428. The lowest BCUT2D eigenvalue weighted by Gasteiger charge is -2.31. The second-order valence-corrected chi connectivity index (χ2v) is 5.03. The number of hydrogen-bond donors (Lipinski definition) is 3. The SMILES string of the molecule is NC(=O)C1CNNC1C1CCCN1c1cnccn1. The summed E-state index contributed by atoms with van der Waals surface area (Å²) in [7, 11) is 0. The molecule has 0 aromatic carbocycles. The second kappa shape index (κ2) is 5.10. The predicted molar refractivity (Wildman–Crippen MR) is 70.0 cm³/mol. The molecule has 7 nitrogen and oxygen atoms in total. The van der Waals surface area contributed by atoms with Gasteiger partial charge < -0.3 is 10.6 Å². The summed E-state index contributed by atoms with van der Waals surface area (Å²) in [5.41, 5.74) is 11.7. The normalized spacial score (nSPS) is 30.7. The number of hydrogen-bond acceptors (Lipinski definition) is 6. The molecule has 3 heterocycles. The number of primary amides is 1. The van der Waals surface area contributed by atoms with E-state index in [1.807, 2.05) is 0 Å². The molecule has 2 fully saturated rings. The average Bonchev–Trinajstić information content (AvgIpc) is 3.08. The number of hydrazine groups is 1. The molecule has 3 atom stereocenters. The van der Waals surface area contributed by atoms with Gasteiger partial charge in [-0.1, -0.05) is 0 Å². The van der Waals surface area contributed by atoms with Crippen molar-refractivity contribution in [3.05, 3.63) is 18.6 Å². The molecule has 3 unspecified atom stereocenters. The van der Waals surface area contributed by atoms with Gasteiger partial charge in [0.2, 0.25) is 5.91 Å². The Balaban J connectivity index is 1.82. The average molecular weight is 262 g/mol. The highest BCUT2D eigenvalue weighted by atomic mass is 16.1. The van der Waals surface area contributed by atoms with Crippen LogP contribution in [-0.4, -0.2) is 41.0 Å². The van der Waals surface area contributed by atoms with Gasteiger partial charge in [0.15, 0.2) is 0 Å². The standard InChI is InChI=1S/C12H18N6O/c13-12(19)8-6-16-17-11(8)9-2-1-5-18(9)10-7-14-3-4-15-10/h3-4,7-9,11,16-17H,1-2,5-6H2,(H2,13,19). The molecule has 1 aromatic rings. The third kappa shape index (κ3) is 2.26. The molecule has 4 N–H and O–H groups in total. The van der Waals surface area contributed by atoms with Gasteiger partial charge in [-0.3, -0.25) is 20.6 Å². The van der Waals surface area contributed by atoms with E-state index >= 15 is 0 Å². The van der Waals surface area contributed by atoms with Crippen LogP contribution >= 0.6 is 0 Å². The van der Waals surface area contributed by atoms with E-state index in [4.69, 9.17) is 5.73 Å². The first-order valence-corrected chi connectivity index (χ1v) is 6.58. The van der Waals surface area contributed by atoms with E-state index in [1.54, 1.807) is 18.6 Å².